The van der Waals surface area contributed by atoms with Crippen molar-refractivity contribution in [3.05, 3.63) is 0 Å². The molecule has 0 aliphatic heterocycles. The highest BCUT2D eigenvalue weighted by atomic mass is 16.6. The summed E-state index contributed by atoms with van der Waals surface area (Å²) in [6, 6.07) is -0.0560. The van der Waals surface area contributed by atoms with Crippen molar-refractivity contribution in [3.63, 3.8) is 0 Å². The highest BCUT2D eigenvalue weighted by Crippen LogP contribution is 2.18. The van der Waals surface area contributed by atoms with E-state index >= 15 is 0 Å². The zero-order valence-electron chi connectivity index (χ0n) is 14.1. The average molecular weight is 313 g/mol. The highest BCUT2D eigenvalue weighted by Gasteiger charge is 2.21. The van der Waals surface area contributed by atoms with Gasteiger partial charge in [0, 0.05) is 12.6 Å². The van der Waals surface area contributed by atoms with Gasteiger partial charge in [0.25, 0.3) is 0 Å². The van der Waals surface area contributed by atoms with Gasteiger partial charge < -0.3 is 21.1 Å². The fraction of sp³-hybridized carbons (Fsp3) is 0.875. The van der Waals surface area contributed by atoms with E-state index in [1.807, 2.05) is 20.8 Å². The van der Waals surface area contributed by atoms with E-state index < -0.39 is 17.7 Å². The second-order valence-corrected chi connectivity index (χ2v) is 7.03. The third-order valence-electron chi connectivity index (χ3n) is 3.74. The number of nitrogens with one attached hydrogen (secondary N) is 2. The Hall–Kier alpha value is -1.30. The fourth-order valence-electron chi connectivity index (χ4n) is 2.67. The van der Waals surface area contributed by atoms with Gasteiger partial charge in [-0.05, 0) is 40.0 Å². The van der Waals surface area contributed by atoms with Crippen LogP contribution in [0, 0.1) is 0 Å². The normalized spacial score (nSPS) is 18.3. The third kappa shape index (κ3) is 8.22. The topological polar surface area (TPSA) is 93.4 Å². The minimum Gasteiger partial charge on any atom is -0.444 e. The Morgan fingerprint density at radius 2 is 1.77 bits per heavy atom. The molecule has 1 saturated carbocycles. The number of ether oxygens (including phenoxy) is 1. The van der Waals surface area contributed by atoms with Crippen LogP contribution in [0.4, 0.5) is 4.79 Å². The van der Waals surface area contributed by atoms with Crippen molar-refractivity contribution in [2.45, 2.75) is 83.4 Å². The van der Waals surface area contributed by atoms with Gasteiger partial charge in [-0.25, -0.2) is 4.79 Å². The van der Waals surface area contributed by atoms with Crippen molar-refractivity contribution in [1.82, 2.24) is 10.6 Å². The van der Waals surface area contributed by atoms with Gasteiger partial charge in [0.15, 0.2) is 0 Å². The lowest BCUT2D eigenvalue weighted by molar-refractivity contribution is -0.120. The molecule has 1 atom stereocenters. The van der Waals surface area contributed by atoms with E-state index in [1.54, 1.807) is 0 Å². The molecule has 2 amide bonds. The van der Waals surface area contributed by atoms with Crippen LogP contribution in [-0.2, 0) is 9.53 Å². The summed E-state index contributed by atoms with van der Waals surface area (Å²) in [6.07, 6.45) is 7.10. The smallest absolute Gasteiger partial charge is 0.407 e. The van der Waals surface area contributed by atoms with Gasteiger partial charge in [0.05, 0.1) is 6.04 Å². The minimum atomic E-state index is -0.522. The molecule has 6 nitrogen and oxygen atoms in total. The average Bonchev–Trinajstić information content (AvgIpc) is 2.63. The summed E-state index contributed by atoms with van der Waals surface area (Å²) in [5, 5.41) is 6.02. The van der Waals surface area contributed by atoms with E-state index in [0.717, 1.165) is 12.8 Å². The van der Waals surface area contributed by atoms with Crippen molar-refractivity contribution in [2.75, 3.05) is 6.54 Å². The van der Waals surface area contributed by atoms with Gasteiger partial charge in [-0.1, -0.05) is 25.7 Å². The van der Waals surface area contributed by atoms with E-state index in [4.69, 9.17) is 10.5 Å². The molecule has 0 aromatic heterocycles. The molecule has 22 heavy (non-hydrogen) atoms. The first-order chi connectivity index (χ1) is 10.3. The maximum atomic E-state index is 11.6. The Labute approximate surface area is 133 Å². The van der Waals surface area contributed by atoms with Crippen molar-refractivity contribution in [2.24, 2.45) is 5.73 Å². The van der Waals surface area contributed by atoms with Crippen LogP contribution in [0.2, 0.25) is 0 Å². The minimum absolute atomic E-state index is 0.349. The molecular weight excluding hydrogens is 282 g/mol. The van der Waals surface area contributed by atoms with Crippen LogP contribution in [0.5, 0.6) is 0 Å². The van der Waals surface area contributed by atoms with Crippen molar-refractivity contribution >= 4 is 12.0 Å². The molecule has 4 N–H and O–H groups in total. The number of carbonyl (C=O) groups excluding carboxylic acids is 2. The maximum absolute atomic E-state index is 11.6. The Balaban J connectivity index is 2.34. The molecule has 0 saturated heterocycles. The molecule has 1 unspecified atom stereocenters. The van der Waals surface area contributed by atoms with Crippen molar-refractivity contribution < 1.29 is 14.3 Å². The van der Waals surface area contributed by atoms with Crippen LogP contribution in [0.1, 0.15) is 65.7 Å². The lowest BCUT2D eigenvalue weighted by atomic mass is 10.1. The number of hydrogen-bond acceptors (Lipinski definition) is 4. The summed E-state index contributed by atoms with van der Waals surface area (Å²) in [5.74, 6) is -0.366. The molecular formula is C16H31N3O3. The van der Waals surface area contributed by atoms with Gasteiger partial charge in [0.2, 0.25) is 5.91 Å². The molecule has 1 fully saturated rings. The third-order valence-corrected chi connectivity index (χ3v) is 3.74. The number of carbonyl (C=O) groups is 2. The first-order valence-corrected chi connectivity index (χ1v) is 8.30. The van der Waals surface area contributed by atoms with Gasteiger partial charge in [-0.15, -0.1) is 0 Å². The number of primary amides is 1. The molecule has 128 valence electrons. The van der Waals surface area contributed by atoms with Crippen LogP contribution < -0.4 is 16.4 Å². The first-order valence-electron chi connectivity index (χ1n) is 8.30. The van der Waals surface area contributed by atoms with E-state index in [-0.39, 0.29) is 5.91 Å². The predicted molar refractivity (Wildman–Crippen MR) is 86.5 cm³/mol. The van der Waals surface area contributed by atoms with E-state index in [2.05, 4.69) is 10.6 Å². The summed E-state index contributed by atoms with van der Waals surface area (Å²) >= 11 is 0. The molecule has 1 aliphatic carbocycles. The molecule has 0 radical (unpaired) electrons. The van der Waals surface area contributed by atoms with Gasteiger partial charge in [-0.3, -0.25) is 4.79 Å². The summed E-state index contributed by atoms with van der Waals surface area (Å²) in [5.41, 5.74) is 4.94. The Morgan fingerprint density at radius 3 is 2.27 bits per heavy atom. The Bertz CT molecular complexity index is 358. The summed E-state index contributed by atoms with van der Waals surface area (Å²) < 4.78 is 5.16. The van der Waals surface area contributed by atoms with E-state index in [1.165, 1.54) is 25.7 Å². The van der Waals surface area contributed by atoms with Gasteiger partial charge in [-0.2, -0.15) is 0 Å². The maximum Gasteiger partial charge on any atom is 0.407 e. The molecule has 0 spiro atoms. The van der Waals surface area contributed by atoms with Crippen LogP contribution in [0.15, 0.2) is 0 Å². The monoisotopic (exact) mass is 313 g/mol. The van der Waals surface area contributed by atoms with E-state index in [9.17, 15) is 9.59 Å². The van der Waals surface area contributed by atoms with Crippen molar-refractivity contribution in [1.29, 1.82) is 0 Å². The molecule has 0 aromatic carbocycles. The Morgan fingerprint density at radius 1 is 1.18 bits per heavy atom. The summed E-state index contributed by atoms with van der Waals surface area (Å²) in [6.45, 7) is 5.80. The van der Waals surface area contributed by atoms with Crippen LogP contribution in [0.25, 0.3) is 0 Å². The lowest BCUT2D eigenvalue weighted by Gasteiger charge is -2.23. The zero-order chi connectivity index (χ0) is 16.6. The number of amides is 2. The Kier molecular flexibility index (Phi) is 7.65. The molecule has 1 rings (SSSR count). The van der Waals surface area contributed by atoms with Crippen molar-refractivity contribution in [3.8, 4) is 0 Å². The van der Waals surface area contributed by atoms with E-state index in [0.29, 0.717) is 19.0 Å². The second kappa shape index (κ2) is 8.98. The highest BCUT2D eigenvalue weighted by molar-refractivity contribution is 5.80. The molecule has 0 aromatic rings. The molecule has 6 heteroatoms. The molecule has 1 aliphatic rings. The summed E-state index contributed by atoms with van der Waals surface area (Å²) in [7, 11) is 0. The van der Waals surface area contributed by atoms with Gasteiger partial charge in [0.1, 0.15) is 5.60 Å². The number of nitrogens with two attached hydrogens (primary N) is 1. The largest absolute Gasteiger partial charge is 0.444 e. The fourth-order valence-corrected chi connectivity index (χ4v) is 2.67. The molecule has 0 bridgehead atoms. The standard InChI is InChI=1S/C16H31N3O3/c1-16(2,3)22-15(21)18-11-10-13(14(17)20)19-12-8-6-4-5-7-9-12/h12-13,19H,4-11H2,1-3H3,(H2,17,20)(H,18,21). The van der Waals surface area contributed by atoms with Crippen LogP contribution >= 0.6 is 0 Å². The quantitative estimate of drug-likeness (QED) is 0.654. The second-order valence-electron chi connectivity index (χ2n) is 7.03. The van der Waals surface area contributed by atoms with Gasteiger partial charge >= 0.3 is 6.09 Å². The lowest BCUT2D eigenvalue weighted by Crippen LogP contribution is -2.48. The summed E-state index contributed by atoms with van der Waals surface area (Å²) in [4.78, 5) is 23.2. The zero-order valence-corrected chi connectivity index (χ0v) is 14.1. The number of rotatable bonds is 6. The first kappa shape index (κ1) is 18.7. The molecule has 0 heterocycles. The number of alkyl carbamates (subject to hydrolysis) is 1. The SMILES string of the molecule is CC(C)(C)OC(=O)NCCC(NC1CCCCCC1)C(N)=O. The predicted octanol–water partition coefficient (Wildman–Crippen LogP) is 2.07. The van der Waals surface area contributed by atoms with Crippen LogP contribution in [0.3, 0.4) is 0 Å². The number of hydrogen-bond donors (Lipinski definition) is 3. The van der Waals surface area contributed by atoms with Crippen LogP contribution in [-0.4, -0.2) is 36.2 Å².